The minimum atomic E-state index is 0.0286. The molecule has 1 saturated heterocycles. The van der Waals surface area contributed by atoms with Crippen LogP contribution in [-0.4, -0.2) is 37.6 Å². The second kappa shape index (κ2) is 7.29. The van der Waals surface area contributed by atoms with E-state index in [9.17, 15) is 4.79 Å². The molecule has 4 nitrogen and oxygen atoms in total. The summed E-state index contributed by atoms with van der Waals surface area (Å²) in [7, 11) is 1.99. The van der Waals surface area contributed by atoms with E-state index in [0.717, 1.165) is 44.1 Å². The van der Waals surface area contributed by atoms with Crippen LogP contribution in [0.5, 0.6) is 0 Å². The Labute approximate surface area is 121 Å². The molecule has 0 aromatic heterocycles. The normalized spacial score (nSPS) is 16.2. The van der Waals surface area contributed by atoms with Crippen molar-refractivity contribution in [3.8, 4) is 0 Å². The second-order valence-electron chi connectivity index (χ2n) is 5.62. The van der Waals surface area contributed by atoms with E-state index in [4.69, 9.17) is 0 Å². The smallest absolute Gasteiger partial charge is 0.321 e. The van der Waals surface area contributed by atoms with Gasteiger partial charge in [-0.1, -0.05) is 17.7 Å². The van der Waals surface area contributed by atoms with Gasteiger partial charge in [0.2, 0.25) is 0 Å². The van der Waals surface area contributed by atoms with E-state index in [1.807, 2.05) is 43.1 Å². The molecule has 1 aromatic rings. The van der Waals surface area contributed by atoms with Gasteiger partial charge >= 0.3 is 6.03 Å². The summed E-state index contributed by atoms with van der Waals surface area (Å²) in [5.74, 6) is 0.755. The van der Waals surface area contributed by atoms with Gasteiger partial charge in [-0.3, -0.25) is 0 Å². The first-order chi connectivity index (χ1) is 9.69. The third-order valence-corrected chi connectivity index (χ3v) is 4.01. The first-order valence-corrected chi connectivity index (χ1v) is 7.46. The molecule has 1 heterocycles. The van der Waals surface area contributed by atoms with Crippen LogP contribution in [0.25, 0.3) is 0 Å². The van der Waals surface area contributed by atoms with Crippen LogP contribution in [-0.2, 0) is 0 Å². The molecule has 20 heavy (non-hydrogen) atoms. The summed E-state index contributed by atoms with van der Waals surface area (Å²) < 4.78 is 0. The minimum absolute atomic E-state index is 0.0286. The van der Waals surface area contributed by atoms with Gasteiger partial charge in [0.1, 0.15) is 0 Å². The van der Waals surface area contributed by atoms with Crippen molar-refractivity contribution in [1.82, 2.24) is 10.2 Å². The summed E-state index contributed by atoms with van der Waals surface area (Å²) in [6.07, 6.45) is 3.44. The molecule has 0 bridgehead atoms. The predicted molar refractivity (Wildman–Crippen MR) is 83.0 cm³/mol. The summed E-state index contributed by atoms with van der Waals surface area (Å²) >= 11 is 0. The van der Waals surface area contributed by atoms with Gasteiger partial charge in [0.15, 0.2) is 0 Å². The molecule has 0 aliphatic carbocycles. The lowest BCUT2D eigenvalue weighted by Gasteiger charge is -2.32. The van der Waals surface area contributed by atoms with Crippen LogP contribution < -0.4 is 10.6 Å². The topological polar surface area (TPSA) is 44.4 Å². The SMILES string of the molecule is CNCCC1CCN(C(=O)Nc2ccc(C)cc2)CC1. The summed E-state index contributed by atoms with van der Waals surface area (Å²) in [6.45, 7) is 4.85. The van der Waals surface area contributed by atoms with Crippen LogP contribution in [0.4, 0.5) is 10.5 Å². The number of nitrogens with one attached hydrogen (secondary N) is 2. The number of carbonyl (C=O) groups excluding carboxylic acids is 1. The monoisotopic (exact) mass is 275 g/mol. The maximum Gasteiger partial charge on any atom is 0.321 e. The predicted octanol–water partition coefficient (Wildman–Crippen LogP) is 2.85. The Kier molecular flexibility index (Phi) is 5.41. The molecule has 2 amide bonds. The van der Waals surface area contributed by atoms with E-state index in [-0.39, 0.29) is 6.03 Å². The molecule has 1 aromatic carbocycles. The highest BCUT2D eigenvalue weighted by Gasteiger charge is 2.22. The molecule has 2 rings (SSSR count). The van der Waals surface area contributed by atoms with Crippen LogP contribution in [0.15, 0.2) is 24.3 Å². The van der Waals surface area contributed by atoms with Crippen LogP contribution in [0.1, 0.15) is 24.8 Å². The number of amides is 2. The van der Waals surface area contributed by atoms with Crippen LogP contribution in [0.3, 0.4) is 0 Å². The minimum Gasteiger partial charge on any atom is -0.325 e. The fraction of sp³-hybridized carbons (Fsp3) is 0.562. The average molecular weight is 275 g/mol. The molecule has 0 unspecified atom stereocenters. The average Bonchev–Trinajstić information content (AvgIpc) is 2.48. The molecule has 1 aliphatic heterocycles. The molecular formula is C16H25N3O. The summed E-state index contributed by atoms with van der Waals surface area (Å²) in [6, 6.07) is 7.96. The number of aryl methyl sites for hydroxylation is 1. The van der Waals surface area contributed by atoms with Gasteiger partial charge in [0, 0.05) is 18.8 Å². The van der Waals surface area contributed by atoms with Gasteiger partial charge in [-0.05, 0) is 57.8 Å². The summed E-state index contributed by atoms with van der Waals surface area (Å²) in [4.78, 5) is 14.1. The Morgan fingerprint density at radius 3 is 2.50 bits per heavy atom. The quantitative estimate of drug-likeness (QED) is 0.887. The lowest BCUT2D eigenvalue weighted by molar-refractivity contribution is 0.180. The number of benzene rings is 1. The maximum atomic E-state index is 12.2. The van der Waals surface area contributed by atoms with Crippen molar-refractivity contribution in [2.45, 2.75) is 26.2 Å². The molecule has 4 heteroatoms. The molecular weight excluding hydrogens is 250 g/mol. The lowest BCUT2D eigenvalue weighted by atomic mass is 9.94. The van der Waals surface area contributed by atoms with E-state index < -0.39 is 0 Å². The van der Waals surface area contributed by atoms with Crippen molar-refractivity contribution in [1.29, 1.82) is 0 Å². The Bertz CT molecular complexity index is 422. The molecule has 0 radical (unpaired) electrons. The first-order valence-electron chi connectivity index (χ1n) is 7.46. The second-order valence-corrected chi connectivity index (χ2v) is 5.62. The van der Waals surface area contributed by atoms with E-state index in [0.29, 0.717) is 0 Å². The Balaban J connectivity index is 1.78. The zero-order chi connectivity index (χ0) is 14.4. The van der Waals surface area contributed by atoms with Gasteiger partial charge < -0.3 is 15.5 Å². The van der Waals surface area contributed by atoms with Crippen LogP contribution in [0.2, 0.25) is 0 Å². The highest BCUT2D eigenvalue weighted by Crippen LogP contribution is 2.20. The van der Waals surface area contributed by atoms with Crippen molar-refractivity contribution < 1.29 is 4.79 Å². The fourth-order valence-electron chi connectivity index (χ4n) is 2.61. The van der Waals surface area contributed by atoms with Crippen molar-refractivity contribution in [2.75, 3.05) is 32.0 Å². The molecule has 0 spiro atoms. The lowest BCUT2D eigenvalue weighted by Crippen LogP contribution is -2.41. The Morgan fingerprint density at radius 2 is 1.90 bits per heavy atom. The highest BCUT2D eigenvalue weighted by molar-refractivity contribution is 5.89. The number of rotatable bonds is 4. The molecule has 2 N–H and O–H groups in total. The van der Waals surface area contributed by atoms with Gasteiger partial charge in [-0.25, -0.2) is 4.79 Å². The summed E-state index contributed by atoms with van der Waals surface area (Å²) in [5.41, 5.74) is 2.08. The van der Waals surface area contributed by atoms with E-state index in [1.165, 1.54) is 12.0 Å². The molecule has 110 valence electrons. The fourth-order valence-corrected chi connectivity index (χ4v) is 2.61. The zero-order valence-corrected chi connectivity index (χ0v) is 12.5. The summed E-state index contributed by atoms with van der Waals surface area (Å²) in [5, 5.41) is 6.16. The van der Waals surface area contributed by atoms with Crippen LogP contribution >= 0.6 is 0 Å². The number of nitrogens with zero attached hydrogens (tertiary/aromatic N) is 1. The van der Waals surface area contributed by atoms with Gasteiger partial charge in [0.05, 0.1) is 0 Å². The number of anilines is 1. The third-order valence-electron chi connectivity index (χ3n) is 4.01. The molecule has 0 saturated carbocycles. The zero-order valence-electron chi connectivity index (χ0n) is 12.5. The van der Waals surface area contributed by atoms with Gasteiger partial charge in [0.25, 0.3) is 0 Å². The number of carbonyl (C=O) groups is 1. The molecule has 1 fully saturated rings. The number of hydrogen-bond acceptors (Lipinski definition) is 2. The number of likely N-dealkylation sites (tertiary alicyclic amines) is 1. The van der Waals surface area contributed by atoms with E-state index in [2.05, 4.69) is 10.6 Å². The molecule has 1 aliphatic rings. The van der Waals surface area contributed by atoms with Gasteiger partial charge in [-0.2, -0.15) is 0 Å². The van der Waals surface area contributed by atoms with Crippen LogP contribution in [0, 0.1) is 12.8 Å². The maximum absolute atomic E-state index is 12.2. The number of hydrogen-bond donors (Lipinski definition) is 2. The van der Waals surface area contributed by atoms with Crippen molar-refractivity contribution >= 4 is 11.7 Å². The van der Waals surface area contributed by atoms with Crippen molar-refractivity contribution in [2.24, 2.45) is 5.92 Å². The standard InChI is InChI=1S/C16H25N3O/c1-13-3-5-15(6-4-13)18-16(20)19-11-8-14(9-12-19)7-10-17-2/h3-6,14,17H,7-12H2,1-2H3,(H,18,20). The first kappa shape index (κ1) is 14.9. The van der Waals surface area contributed by atoms with E-state index >= 15 is 0 Å². The third kappa shape index (κ3) is 4.23. The van der Waals surface area contributed by atoms with E-state index in [1.54, 1.807) is 0 Å². The Morgan fingerprint density at radius 1 is 1.25 bits per heavy atom. The number of urea groups is 1. The van der Waals surface area contributed by atoms with Gasteiger partial charge in [-0.15, -0.1) is 0 Å². The highest BCUT2D eigenvalue weighted by atomic mass is 16.2. The van der Waals surface area contributed by atoms with Crippen molar-refractivity contribution in [3.63, 3.8) is 0 Å². The Hall–Kier alpha value is -1.55. The number of piperidine rings is 1. The van der Waals surface area contributed by atoms with Crippen molar-refractivity contribution in [3.05, 3.63) is 29.8 Å². The largest absolute Gasteiger partial charge is 0.325 e. The molecule has 0 atom stereocenters.